The molecule has 0 spiro atoms. The zero-order valence-corrected chi connectivity index (χ0v) is 15.9. The molecule has 0 N–H and O–H groups in total. The molecular weight excluding hydrogens is 356 g/mol. The summed E-state index contributed by atoms with van der Waals surface area (Å²) in [4.78, 5) is 29.5. The van der Waals surface area contributed by atoms with Gasteiger partial charge in [0.1, 0.15) is 4.88 Å². The Morgan fingerprint density at radius 2 is 1.89 bits per heavy atom. The van der Waals surface area contributed by atoms with Crippen LogP contribution in [0.4, 0.5) is 0 Å². The molecule has 1 fully saturated rings. The number of fused-ring (bicyclic) bond motifs is 1. The summed E-state index contributed by atoms with van der Waals surface area (Å²) in [6.45, 7) is 1.91. The zero-order chi connectivity index (χ0) is 18.4. The van der Waals surface area contributed by atoms with E-state index in [1.54, 1.807) is 18.5 Å². The molecule has 1 atom stereocenters. The fourth-order valence-corrected chi connectivity index (χ4v) is 4.91. The summed E-state index contributed by atoms with van der Waals surface area (Å²) in [5.41, 5.74) is 3.45. The Labute approximate surface area is 162 Å². The van der Waals surface area contributed by atoms with Crippen LogP contribution < -0.4 is 0 Å². The summed E-state index contributed by atoms with van der Waals surface area (Å²) >= 11 is 1.41. The summed E-state index contributed by atoms with van der Waals surface area (Å²) in [5, 5.41) is 0.707. The molecule has 5 rings (SSSR count). The molecule has 1 saturated carbocycles. The standard InChI is InChI=1S/C21H20N4OS/c1-13-18(27-20(24-13)19-22-11-4-12-23-19)21(26)25(15-8-9-15)17-10-7-14-5-2-3-6-16(14)17/h2-6,11-12,15,17H,7-10H2,1H3. The largest absolute Gasteiger partial charge is 0.328 e. The SMILES string of the molecule is Cc1nc(-c2ncccn2)sc1C(=O)N(C1CC1)C1CCc2ccccc21. The molecule has 0 saturated heterocycles. The van der Waals surface area contributed by atoms with E-state index in [2.05, 4.69) is 44.1 Å². The second-order valence-corrected chi connectivity index (χ2v) is 8.20. The second-order valence-electron chi connectivity index (χ2n) is 7.20. The first-order valence-corrected chi connectivity index (χ1v) is 10.2. The van der Waals surface area contributed by atoms with Crippen LogP contribution in [0.5, 0.6) is 0 Å². The Bertz CT molecular complexity index is 996. The van der Waals surface area contributed by atoms with Gasteiger partial charge in [0.15, 0.2) is 10.8 Å². The lowest BCUT2D eigenvalue weighted by Gasteiger charge is -2.29. The molecular formula is C21H20N4OS. The fourth-order valence-electron chi connectivity index (χ4n) is 3.96. The monoisotopic (exact) mass is 376 g/mol. The molecule has 0 radical (unpaired) electrons. The van der Waals surface area contributed by atoms with Crippen LogP contribution in [0.3, 0.4) is 0 Å². The molecule has 2 heterocycles. The van der Waals surface area contributed by atoms with Crippen molar-refractivity contribution in [1.29, 1.82) is 0 Å². The number of hydrogen-bond donors (Lipinski definition) is 0. The van der Waals surface area contributed by atoms with Crippen molar-refractivity contribution in [2.75, 3.05) is 0 Å². The maximum absolute atomic E-state index is 13.5. The molecule has 1 amide bonds. The topological polar surface area (TPSA) is 59.0 Å². The highest BCUT2D eigenvalue weighted by Crippen LogP contribution is 2.43. The van der Waals surface area contributed by atoms with Gasteiger partial charge in [-0.15, -0.1) is 11.3 Å². The lowest BCUT2D eigenvalue weighted by molar-refractivity contribution is 0.0662. The Morgan fingerprint density at radius 1 is 1.11 bits per heavy atom. The summed E-state index contributed by atoms with van der Waals surface area (Å²) in [5.74, 6) is 0.685. The van der Waals surface area contributed by atoms with Gasteiger partial charge in [-0.05, 0) is 49.8 Å². The van der Waals surface area contributed by atoms with Gasteiger partial charge < -0.3 is 4.90 Å². The number of amides is 1. The van der Waals surface area contributed by atoms with Crippen LogP contribution in [-0.2, 0) is 6.42 Å². The van der Waals surface area contributed by atoms with Crippen LogP contribution in [0.25, 0.3) is 10.8 Å². The number of nitrogens with zero attached hydrogens (tertiary/aromatic N) is 4. The number of rotatable bonds is 4. The highest BCUT2D eigenvalue weighted by molar-refractivity contribution is 7.17. The Hall–Kier alpha value is -2.60. The molecule has 2 aromatic heterocycles. The van der Waals surface area contributed by atoms with Crippen molar-refractivity contribution in [2.24, 2.45) is 0 Å². The lowest BCUT2D eigenvalue weighted by Crippen LogP contribution is -2.35. The third-order valence-corrected chi connectivity index (χ3v) is 6.50. The Balaban J connectivity index is 1.50. The van der Waals surface area contributed by atoms with Crippen LogP contribution in [0.15, 0.2) is 42.7 Å². The Morgan fingerprint density at radius 3 is 2.67 bits per heavy atom. The number of aromatic nitrogens is 3. The minimum atomic E-state index is 0.108. The minimum Gasteiger partial charge on any atom is -0.328 e. The van der Waals surface area contributed by atoms with E-state index >= 15 is 0 Å². The number of thiazole rings is 1. The normalized spacial score (nSPS) is 18.3. The van der Waals surface area contributed by atoms with Crippen molar-refractivity contribution in [3.8, 4) is 10.8 Å². The van der Waals surface area contributed by atoms with E-state index in [1.165, 1.54) is 22.5 Å². The van der Waals surface area contributed by atoms with Gasteiger partial charge in [0.05, 0.1) is 11.7 Å². The van der Waals surface area contributed by atoms with Crippen molar-refractivity contribution in [3.63, 3.8) is 0 Å². The first-order chi connectivity index (χ1) is 13.2. The molecule has 3 aromatic rings. The van der Waals surface area contributed by atoms with Crippen LogP contribution in [0, 0.1) is 6.92 Å². The number of aryl methyl sites for hydroxylation is 2. The average Bonchev–Trinajstić information content (AvgIpc) is 3.32. The van der Waals surface area contributed by atoms with E-state index in [0.717, 1.165) is 31.4 Å². The minimum absolute atomic E-state index is 0.108. The lowest BCUT2D eigenvalue weighted by atomic mass is 10.1. The van der Waals surface area contributed by atoms with Gasteiger partial charge in [0, 0.05) is 18.4 Å². The van der Waals surface area contributed by atoms with Crippen molar-refractivity contribution in [2.45, 2.75) is 44.7 Å². The third kappa shape index (κ3) is 2.94. The second kappa shape index (κ2) is 6.53. The van der Waals surface area contributed by atoms with E-state index in [-0.39, 0.29) is 11.9 Å². The van der Waals surface area contributed by atoms with Crippen LogP contribution in [0.1, 0.15) is 51.8 Å². The maximum Gasteiger partial charge on any atom is 0.266 e. The first-order valence-electron chi connectivity index (χ1n) is 9.37. The number of benzene rings is 1. The maximum atomic E-state index is 13.5. The van der Waals surface area contributed by atoms with Crippen molar-refractivity contribution < 1.29 is 4.79 Å². The summed E-state index contributed by atoms with van der Waals surface area (Å²) in [7, 11) is 0. The number of hydrogen-bond acceptors (Lipinski definition) is 5. The molecule has 1 aromatic carbocycles. The van der Waals surface area contributed by atoms with Crippen LogP contribution in [0.2, 0.25) is 0 Å². The molecule has 2 aliphatic rings. The summed E-state index contributed by atoms with van der Waals surface area (Å²) in [6, 6.07) is 10.8. The highest BCUT2D eigenvalue weighted by Gasteiger charge is 2.41. The quantitative estimate of drug-likeness (QED) is 0.685. The summed E-state index contributed by atoms with van der Waals surface area (Å²) < 4.78 is 0. The molecule has 6 heteroatoms. The highest BCUT2D eigenvalue weighted by atomic mass is 32.1. The molecule has 27 heavy (non-hydrogen) atoms. The van der Waals surface area contributed by atoms with E-state index in [1.807, 2.05) is 6.92 Å². The number of carbonyl (C=O) groups excluding carboxylic acids is 1. The zero-order valence-electron chi connectivity index (χ0n) is 15.1. The predicted molar refractivity (Wildman–Crippen MR) is 105 cm³/mol. The van der Waals surface area contributed by atoms with E-state index < -0.39 is 0 Å². The van der Waals surface area contributed by atoms with E-state index in [0.29, 0.717) is 21.8 Å². The average molecular weight is 376 g/mol. The van der Waals surface area contributed by atoms with Crippen molar-refractivity contribution in [1.82, 2.24) is 19.9 Å². The van der Waals surface area contributed by atoms with Gasteiger partial charge in [-0.3, -0.25) is 4.79 Å². The smallest absolute Gasteiger partial charge is 0.266 e. The molecule has 5 nitrogen and oxygen atoms in total. The van der Waals surface area contributed by atoms with E-state index in [9.17, 15) is 4.79 Å². The van der Waals surface area contributed by atoms with Gasteiger partial charge in [-0.1, -0.05) is 24.3 Å². The molecule has 1 unspecified atom stereocenters. The van der Waals surface area contributed by atoms with Gasteiger partial charge >= 0.3 is 0 Å². The first kappa shape index (κ1) is 16.6. The van der Waals surface area contributed by atoms with Gasteiger partial charge in [-0.25, -0.2) is 15.0 Å². The van der Waals surface area contributed by atoms with Crippen molar-refractivity contribution in [3.05, 3.63) is 64.4 Å². The molecule has 136 valence electrons. The van der Waals surface area contributed by atoms with Gasteiger partial charge in [0.25, 0.3) is 5.91 Å². The number of carbonyl (C=O) groups is 1. The van der Waals surface area contributed by atoms with Crippen LogP contribution in [-0.4, -0.2) is 31.8 Å². The fraction of sp³-hybridized carbons (Fsp3) is 0.333. The summed E-state index contributed by atoms with van der Waals surface area (Å²) in [6.07, 6.45) is 7.64. The van der Waals surface area contributed by atoms with Crippen molar-refractivity contribution >= 4 is 17.2 Å². The van der Waals surface area contributed by atoms with Crippen LogP contribution >= 0.6 is 11.3 Å². The molecule has 2 aliphatic carbocycles. The Kier molecular flexibility index (Phi) is 4.01. The molecule has 0 bridgehead atoms. The van der Waals surface area contributed by atoms with Gasteiger partial charge in [0.2, 0.25) is 0 Å². The molecule has 0 aliphatic heterocycles. The predicted octanol–water partition coefficient (Wildman–Crippen LogP) is 4.20. The van der Waals surface area contributed by atoms with Gasteiger partial charge in [-0.2, -0.15) is 0 Å². The van der Waals surface area contributed by atoms with E-state index in [4.69, 9.17) is 0 Å². The third-order valence-electron chi connectivity index (χ3n) is 5.36.